The van der Waals surface area contributed by atoms with E-state index in [0.29, 0.717) is 34.2 Å². The molecule has 0 saturated heterocycles. The number of furan rings is 1. The van der Waals surface area contributed by atoms with Crippen molar-refractivity contribution in [2.24, 2.45) is 0 Å². The van der Waals surface area contributed by atoms with Gasteiger partial charge in [0.2, 0.25) is 11.7 Å². The summed E-state index contributed by atoms with van der Waals surface area (Å²) in [6.07, 6.45) is 0. The van der Waals surface area contributed by atoms with Crippen LogP contribution in [0.3, 0.4) is 0 Å². The fraction of sp³-hybridized carbons (Fsp3) is 0.353. The molecule has 1 N–H and O–H groups in total. The SMILES string of the molecule is COc1cc(NC(=O)CN(C)Cc2ccc(Br)o2)cc(OC)c1OC. The van der Waals surface area contributed by atoms with E-state index >= 15 is 0 Å². The molecule has 136 valence electrons. The summed E-state index contributed by atoms with van der Waals surface area (Å²) in [7, 11) is 6.42. The van der Waals surface area contributed by atoms with Crippen LogP contribution in [0.4, 0.5) is 5.69 Å². The van der Waals surface area contributed by atoms with Crippen LogP contribution in [-0.2, 0) is 11.3 Å². The van der Waals surface area contributed by atoms with Crippen molar-refractivity contribution in [1.82, 2.24) is 4.90 Å². The van der Waals surface area contributed by atoms with Gasteiger partial charge in [-0.2, -0.15) is 0 Å². The smallest absolute Gasteiger partial charge is 0.238 e. The molecular formula is C17H21BrN2O5. The molecule has 0 radical (unpaired) electrons. The minimum atomic E-state index is -0.164. The molecule has 1 heterocycles. The molecule has 2 rings (SSSR count). The Morgan fingerprint density at radius 2 is 1.80 bits per heavy atom. The van der Waals surface area contributed by atoms with Gasteiger partial charge in [-0.1, -0.05) is 0 Å². The van der Waals surface area contributed by atoms with Crippen LogP contribution < -0.4 is 19.5 Å². The molecule has 0 aliphatic carbocycles. The summed E-state index contributed by atoms with van der Waals surface area (Å²) in [6, 6.07) is 7.04. The summed E-state index contributed by atoms with van der Waals surface area (Å²) < 4.78 is 21.9. The summed E-state index contributed by atoms with van der Waals surface area (Å²) in [5, 5.41) is 2.83. The van der Waals surface area contributed by atoms with Crippen LogP contribution in [0, 0.1) is 0 Å². The van der Waals surface area contributed by atoms with E-state index in [1.807, 2.05) is 24.1 Å². The van der Waals surface area contributed by atoms with Crippen LogP contribution in [0.5, 0.6) is 17.2 Å². The normalized spacial score (nSPS) is 10.6. The quantitative estimate of drug-likeness (QED) is 0.717. The molecule has 8 heteroatoms. The van der Waals surface area contributed by atoms with Crippen LogP contribution >= 0.6 is 15.9 Å². The van der Waals surface area contributed by atoms with Crippen LogP contribution in [0.25, 0.3) is 0 Å². The van der Waals surface area contributed by atoms with Gasteiger partial charge in [0.1, 0.15) is 5.76 Å². The Morgan fingerprint density at radius 3 is 2.28 bits per heavy atom. The van der Waals surface area contributed by atoms with Crippen LogP contribution in [-0.4, -0.2) is 45.7 Å². The Bertz CT molecular complexity index is 707. The van der Waals surface area contributed by atoms with Crippen molar-refractivity contribution in [3.05, 3.63) is 34.7 Å². The largest absolute Gasteiger partial charge is 0.493 e. The van der Waals surface area contributed by atoms with Gasteiger partial charge in [0, 0.05) is 17.8 Å². The summed E-state index contributed by atoms with van der Waals surface area (Å²) >= 11 is 3.26. The minimum Gasteiger partial charge on any atom is -0.493 e. The third-order valence-corrected chi connectivity index (χ3v) is 3.84. The number of nitrogens with one attached hydrogen (secondary N) is 1. The van der Waals surface area contributed by atoms with Gasteiger partial charge in [0.05, 0.1) is 34.4 Å². The number of nitrogens with zero attached hydrogens (tertiary/aromatic N) is 1. The standard InChI is InChI=1S/C17H21BrN2O5/c1-20(9-12-5-6-15(18)25-12)10-16(21)19-11-7-13(22-2)17(24-4)14(8-11)23-3/h5-8H,9-10H2,1-4H3,(H,19,21). The van der Waals surface area contributed by atoms with Gasteiger partial charge < -0.3 is 23.9 Å². The number of anilines is 1. The number of carbonyl (C=O) groups excluding carboxylic acids is 1. The predicted molar refractivity (Wildman–Crippen MR) is 97.5 cm³/mol. The molecule has 25 heavy (non-hydrogen) atoms. The summed E-state index contributed by atoms with van der Waals surface area (Å²) in [4.78, 5) is 14.1. The molecule has 1 amide bonds. The first-order valence-corrected chi connectivity index (χ1v) is 8.28. The maximum absolute atomic E-state index is 12.3. The molecule has 0 aliphatic rings. The number of benzene rings is 1. The number of carbonyl (C=O) groups is 1. The molecule has 0 aliphatic heterocycles. The van der Waals surface area contributed by atoms with Crippen molar-refractivity contribution in [2.75, 3.05) is 40.2 Å². The van der Waals surface area contributed by atoms with E-state index in [-0.39, 0.29) is 12.5 Å². The third kappa shape index (κ3) is 5.14. The van der Waals surface area contributed by atoms with Crippen molar-refractivity contribution >= 4 is 27.5 Å². The lowest BCUT2D eigenvalue weighted by Gasteiger charge is -2.17. The van der Waals surface area contributed by atoms with Crippen molar-refractivity contribution in [3.63, 3.8) is 0 Å². The average Bonchev–Trinajstić information content (AvgIpc) is 2.98. The van der Waals surface area contributed by atoms with Crippen LogP contribution in [0.2, 0.25) is 0 Å². The van der Waals surface area contributed by atoms with Crippen molar-refractivity contribution in [2.45, 2.75) is 6.54 Å². The maximum Gasteiger partial charge on any atom is 0.238 e. The summed E-state index contributed by atoms with van der Waals surface area (Å²) in [5.74, 6) is 2.04. The molecule has 0 atom stereocenters. The number of hydrogen-bond acceptors (Lipinski definition) is 6. The number of rotatable bonds is 8. The Kier molecular flexibility index (Phi) is 6.72. The van der Waals surface area contributed by atoms with E-state index in [1.165, 1.54) is 21.3 Å². The first kappa shape index (κ1) is 19.1. The van der Waals surface area contributed by atoms with Crippen LogP contribution in [0.15, 0.2) is 33.4 Å². The number of halogens is 1. The van der Waals surface area contributed by atoms with Crippen LogP contribution in [0.1, 0.15) is 5.76 Å². The summed E-state index contributed by atoms with van der Waals surface area (Å²) in [6.45, 7) is 0.725. The number of methoxy groups -OCH3 is 3. The molecule has 0 bridgehead atoms. The molecule has 0 spiro atoms. The zero-order valence-corrected chi connectivity index (χ0v) is 16.2. The van der Waals surface area contributed by atoms with E-state index in [4.69, 9.17) is 18.6 Å². The van der Waals surface area contributed by atoms with Gasteiger partial charge in [-0.25, -0.2) is 0 Å². The Hall–Kier alpha value is -2.19. The van der Waals surface area contributed by atoms with Gasteiger partial charge >= 0.3 is 0 Å². The highest BCUT2D eigenvalue weighted by atomic mass is 79.9. The molecule has 7 nitrogen and oxygen atoms in total. The lowest BCUT2D eigenvalue weighted by Crippen LogP contribution is -2.29. The van der Waals surface area contributed by atoms with Gasteiger partial charge in [0.15, 0.2) is 16.2 Å². The van der Waals surface area contributed by atoms with E-state index in [1.54, 1.807) is 12.1 Å². The summed E-state index contributed by atoms with van der Waals surface area (Å²) in [5.41, 5.74) is 0.564. The topological polar surface area (TPSA) is 73.2 Å². The predicted octanol–water partition coefficient (Wildman–Crippen LogP) is 3.14. The van der Waals surface area contributed by atoms with E-state index in [0.717, 1.165) is 5.76 Å². The molecule has 0 saturated carbocycles. The van der Waals surface area contributed by atoms with Crippen molar-refractivity contribution < 1.29 is 23.4 Å². The minimum absolute atomic E-state index is 0.164. The monoisotopic (exact) mass is 412 g/mol. The maximum atomic E-state index is 12.3. The number of amides is 1. The van der Waals surface area contributed by atoms with E-state index in [9.17, 15) is 4.79 Å². The van der Waals surface area contributed by atoms with E-state index < -0.39 is 0 Å². The fourth-order valence-corrected chi connectivity index (χ4v) is 2.70. The molecule has 1 aromatic heterocycles. The number of hydrogen-bond donors (Lipinski definition) is 1. The second-order valence-corrected chi connectivity index (χ2v) is 6.12. The van der Waals surface area contributed by atoms with Crippen molar-refractivity contribution in [1.29, 1.82) is 0 Å². The third-order valence-electron chi connectivity index (χ3n) is 3.42. The second kappa shape index (κ2) is 8.77. The zero-order chi connectivity index (χ0) is 18.4. The fourth-order valence-electron chi connectivity index (χ4n) is 2.36. The highest BCUT2D eigenvalue weighted by Crippen LogP contribution is 2.39. The van der Waals surface area contributed by atoms with Gasteiger partial charge in [-0.15, -0.1) is 0 Å². The first-order valence-electron chi connectivity index (χ1n) is 7.49. The Labute approximate surface area is 155 Å². The Morgan fingerprint density at radius 1 is 1.16 bits per heavy atom. The van der Waals surface area contributed by atoms with Crippen molar-refractivity contribution in [3.8, 4) is 17.2 Å². The van der Waals surface area contributed by atoms with Gasteiger partial charge in [-0.05, 0) is 35.1 Å². The second-order valence-electron chi connectivity index (χ2n) is 5.34. The van der Waals surface area contributed by atoms with Gasteiger partial charge in [-0.3, -0.25) is 9.69 Å². The highest BCUT2D eigenvalue weighted by molar-refractivity contribution is 9.10. The van der Waals surface area contributed by atoms with E-state index in [2.05, 4.69) is 21.2 Å². The first-order chi connectivity index (χ1) is 12.0. The molecular weight excluding hydrogens is 392 g/mol. The zero-order valence-electron chi connectivity index (χ0n) is 14.6. The van der Waals surface area contributed by atoms with Gasteiger partial charge in [0.25, 0.3) is 0 Å². The molecule has 0 fully saturated rings. The number of likely N-dealkylation sites (N-methyl/N-ethyl adjacent to an activating group) is 1. The Balaban J connectivity index is 2.02. The molecule has 2 aromatic rings. The lowest BCUT2D eigenvalue weighted by atomic mass is 10.2. The highest BCUT2D eigenvalue weighted by Gasteiger charge is 2.15. The lowest BCUT2D eigenvalue weighted by molar-refractivity contribution is -0.117. The average molecular weight is 413 g/mol. The molecule has 1 aromatic carbocycles. The number of ether oxygens (including phenoxy) is 3. The molecule has 0 unspecified atom stereocenters.